The smallest absolute Gasteiger partial charge is 0.226 e. The average molecular weight is 599 g/mol. The van der Waals surface area contributed by atoms with E-state index in [4.69, 9.17) is 4.98 Å². The first kappa shape index (κ1) is 28.1. The van der Waals surface area contributed by atoms with Gasteiger partial charge >= 0.3 is 0 Å². The number of benzene rings is 1. The number of aromatic amines is 2. The predicted molar refractivity (Wildman–Crippen MR) is 162 cm³/mol. The van der Waals surface area contributed by atoms with E-state index < -0.39 is 15.7 Å². The van der Waals surface area contributed by atoms with Crippen molar-refractivity contribution in [3.8, 4) is 33.9 Å². The number of imidazole rings is 1. The molecule has 43 heavy (non-hydrogen) atoms. The minimum Gasteiger partial charge on any atom is -0.337 e. The maximum absolute atomic E-state index is 14.6. The maximum atomic E-state index is 14.6. The lowest BCUT2D eigenvalue weighted by atomic mass is 10.0. The summed E-state index contributed by atoms with van der Waals surface area (Å²) < 4.78 is 37.9. The van der Waals surface area contributed by atoms with Gasteiger partial charge in [0.2, 0.25) is 5.91 Å². The molecule has 13 heteroatoms. The lowest BCUT2D eigenvalue weighted by Crippen LogP contribution is -2.17. The second kappa shape index (κ2) is 11.0. The molecule has 3 N–H and O–H groups in total. The van der Waals surface area contributed by atoms with Crippen molar-refractivity contribution in [2.75, 3.05) is 17.3 Å². The zero-order valence-electron chi connectivity index (χ0n) is 23.5. The van der Waals surface area contributed by atoms with E-state index in [1.165, 1.54) is 12.1 Å². The molecule has 0 aliphatic carbocycles. The SMILES string of the molecule is CC(C)C(=O)Nc1cncc(-c2cnc3n[nH]c(-c4nc5c(-c6cc(F)cc(CCS(C)(=O)=O)c6)nccc5[nH]4)c3c2)c1. The van der Waals surface area contributed by atoms with Gasteiger partial charge in [-0.2, -0.15) is 5.10 Å². The molecule has 0 saturated heterocycles. The van der Waals surface area contributed by atoms with Crippen molar-refractivity contribution < 1.29 is 17.6 Å². The summed E-state index contributed by atoms with van der Waals surface area (Å²) in [5.74, 6) is -0.369. The Morgan fingerprint density at radius 1 is 1.02 bits per heavy atom. The van der Waals surface area contributed by atoms with Gasteiger partial charge in [-0.1, -0.05) is 13.8 Å². The molecule has 1 aromatic carbocycles. The number of nitrogens with one attached hydrogen (secondary N) is 3. The number of rotatable bonds is 8. The van der Waals surface area contributed by atoms with Gasteiger partial charge < -0.3 is 10.3 Å². The van der Waals surface area contributed by atoms with E-state index in [0.717, 1.165) is 17.4 Å². The molecule has 0 saturated carbocycles. The molecule has 0 unspecified atom stereocenters. The lowest BCUT2D eigenvalue weighted by Gasteiger charge is -2.09. The summed E-state index contributed by atoms with van der Waals surface area (Å²) in [7, 11) is -3.21. The quantitative estimate of drug-likeness (QED) is 0.222. The first-order valence-electron chi connectivity index (χ1n) is 13.5. The van der Waals surface area contributed by atoms with Gasteiger partial charge in [-0.25, -0.2) is 22.8 Å². The Hall–Kier alpha value is -5.04. The first-order chi connectivity index (χ1) is 20.5. The molecule has 6 aromatic rings. The van der Waals surface area contributed by atoms with E-state index in [1.807, 2.05) is 26.0 Å². The minimum atomic E-state index is -3.21. The molecule has 0 aliphatic rings. The molecule has 218 valence electrons. The number of anilines is 1. The molecule has 0 bridgehead atoms. The normalized spacial score (nSPS) is 11.9. The van der Waals surface area contributed by atoms with E-state index in [0.29, 0.717) is 56.1 Å². The fourth-order valence-electron chi connectivity index (χ4n) is 4.69. The Kier molecular flexibility index (Phi) is 7.18. The largest absolute Gasteiger partial charge is 0.337 e. The number of hydrogen-bond acceptors (Lipinski definition) is 8. The van der Waals surface area contributed by atoms with Crippen LogP contribution in [0.3, 0.4) is 0 Å². The standard InChI is InChI=1S/C30H27FN8O3S/c1-16(2)30(40)35-22-11-19(13-32-15-22)20-12-23-26(38-39-28(23)34-14-20)29-36-24-4-6-33-25(27(24)37-29)18-8-17(9-21(31)10-18)5-7-43(3,41)42/h4,6,8-16H,5,7H2,1-3H3,(H,35,40)(H,36,37)(H,34,38,39). The second-order valence-corrected chi connectivity index (χ2v) is 12.9. The summed E-state index contributed by atoms with van der Waals surface area (Å²) in [5, 5.41) is 10.9. The third kappa shape index (κ3) is 5.97. The zero-order chi connectivity index (χ0) is 30.3. The van der Waals surface area contributed by atoms with Crippen LogP contribution in [0.5, 0.6) is 0 Å². The fourth-order valence-corrected chi connectivity index (χ4v) is 5.30. The Labute approximate surface area is 246 Å². The summed E-state index contributed by atoms with van der Waals surface area (Å²) >= 11 is 0. The van der Waals surface area contributed by atoms with Crippen molar-refractivity contribution in [3.05, 3.63) is 72.6 Å². The number of sulfone groups is 1. The number of pyridine rings is 3. The highest BCUT2D eigenvalue weighted by molar-refractivity contribution is 7.90. The molecule has 0 atom stereocenters. The zero-order valence-corrected chi connectivity index (χ0v) is 24.3. The van der Waals surface area contributed by atoms with Crippen molar-refractivity contribution in [1.82, 2.24) is 35.1 Å². The average Bonchev–Trinajstić information content (AvgIpc) is 3.59. The monoisotopic (exact) mass is 598 g/mol. The van der Waals surface area contributed by atoms with E-state index in [-0.39, 0.29) is 24.0 Å². The topological polar surface area (TPSA) is 159 Å². The Morgan fingerprint density at radius 2 is 1.84 bits per heavy atom. The third-order valence-electron chi connectivity index (χ3n) is 6.90. The van der Waals surface area contributed by atoms with Gasteiger partial charge in [0.15, 0.2) is 11.5 Å². The number of H-pyrrole nitrogens is 2. The summed E-state index contributed by atoms with van der Waals surface area (Å²) in [5.41, 5.74) is 5.87. The molecule has 1 amide bonds. The Morgan fingerprint density at radius 3 is 2.63 bits per heavy atom. The van der Waals surface area contributed by atoms with Crippen LogP contribution in [-0.2, 0) is 21.1 Å². The van der Waals surface area contributed by atoms with Gasteiger partial charge in [-0.15, -0.1) is 0 Å². The molecular weight excluding hydrogens is 571 g/mol. The van der Waals surface area contributed by atoms with Gasteiger partial charge in [0.1, 0.15) is 26.9 Å². The van der Waals surface area contributed by atoms with Crippen LogP contribution in [0.25, 0.3) is 56.0 Å². The van der Waals surface area contributed by atoms with Gasteiger partial charge in [0.25, 0.3) is 0 Å². The van der Waals surface area contributed by atoms with Crippen LogP contribution in [0.1, 0.15) is 19.4 Å². The molecule has 0 spiro atoms. The molecule has 5 aromatic heterocycles. The molecular formula is C30H27FN8O3S. The minimum absolute atomic E-state index is 0.0874. The number of hydrogen-bond donors (Lipinski definition) is 3. The van der Waals surface area contributed by atoms with Crippen LogP contribution in [0.2, 0.25) is 0 Å². The van der Waals surface area contributed by atoms with Gasteiger partial charge in [0, 0.05) is 47.5 Å². The van der Waals surface area contributed by atoms with Crippen molar-refractivity contribution in [2.24, 2.45) is 5.92 Å². The molecule has 0 aliphatic heterocycles. The lowest BCUT2D eigenvalue weighted by molar-refractivity contribution is -0.118. The molecule has 5 heterocycles. The van der Waals surface area contributed by atoms with Crippen LogP contribution in [0.4, 0.5) is 10.1 Å². The van der Waals surface area contributed by atoms with E-state index in [9.17, 15) is 17.6 Å². The van der Waals surface area contributed by atoms with Crippen LogP contribution < -0.4 is 5.32 Å². The number of halogens is 1. The Bertz CT molecular complexity index is 2120. The van der Waals surface area contributed by atoms with Crippen LogP contribution in [0, 0.1) is 11.7 Å². The second-order valence-electron chi connectivity index (χ2n) is 10.7. The number of aromatic nitrogens is 7. The highest BCUT2D eigenvalue weighted by Gasteiger charge is 2.18. The van der Waals surface area contributed by atoms with Crippen molar-refractivity contribution in [3.63, 3.8) is 0 Å². The van der Waals surface area contributed by atoms with Gasteiger partial charge in [-0.05, 0) is 48.4 Å². The maximum Gasteiger partial charge on any atom is 0.226 e. The summed E-state index contributed by atoms with van der Waals surface area (Å²) in [6, 6.07) is 9.93. The molecule has 11 nitrogen and oxygen atoms in total. The fraction of sp³-hybridized carbons (Fsp3) is 0.200. The van der Waals surface area contributed by atoms with E-state index in [1.54, 1.807) is 36.9 Å². The van der Waals surface area contributed by atoms with Gasteiger partial charge in [0.05, 0.1) is 34.2 Å². The molecule has 0 fully saturated rings. The van der Waals surface area contributed by atoms with Crippen molar-refractivity contribution >= 4 is 43.5 Å². The summed E-state index contributed by atoms with van der Waals surface area (Å²) in [4.78, 5) is 33.5. The Balaban J connectivity index is 1.38. The number of carbonyl (C=O) groups excluding carboxylic acids is 1. The number of fused-ring (bicyclic) bond motifs is 2. The number of carbonyl (C=O) groups is 1. The molecule has 6 rings (SSSR count). The van der Waals surface area contributed by atoms with Crippen LogP contribution in [0.15, 0.2) is 61.2 Å². The first-order valence-corrected chi connectivity index (χ1v) is 15.5. The highest BCUT2D eigenvalue weighted by atomic mass is 32.2. The van der Waals surface area contributed by atoms with E-state index >= 15 is 0 Å². The summed E-state index contributed by atoms with van der Waals surface area (Å²) in [6.07, 6.45) is 7.90. The third-order valence-corrected chi connectivity index (χ3v) is 7.85. The number of nitrogens with zero attached hydrogens (tertiary/aromatic N) is 5. The van der Waals surface area contributed by atoms with Crippen molar-refractivity contribution in [1.29, 1.82) is 0 Å². The van der Waals surface area contributed by atoms with E-state index in [2.05, 4.69) is 35.5 Å². The van der Waals surface area contributed by atoms with Crippen LogP contribution >= 0.6 is 0 Å². The molecule has 0 radical (unpaired) electrons. The number of aryl methyl sites for hydroxylation is 1. The van der Waals surface area contributed by atoms with Crippen LogP contribution in [-0.4, -0.2) is 61.5 Å². The van der Waals surface area contributed by atoms with Crippen molar-refractivity contribution in [2.45, 2.75) is 20.3 Å². The van der Waals surface area contributed by atoms with Gasteiger partial charge in [-0.3, -0.25) is 19.9 Å². The highest BCUT2D eigenvalue weighted by Crippen LogP contribution is 2.32. The number of amides is 1. The summed E-state index contributed by atoms with van der Waals surface area (Å²) in [6.45, 7) is 3.64. The predicted octanol–water partition coefficient (Wildman–Crippen LogP) is 4.95.